The van der Waals surface area contributed by atoms with Crippen LogP contribution in [0.5, 0.6) is 0 Å². The minimum Gasteiger partial charge on any atom is -0.380 e. The van der Waals surface area contributed by atoms with Crippen LogP contribution in [0, 0.1) is 11.8 Å². The molecule has 0 aliphatic heterocycles. The van der Waals surface area contributed by atoms with Crippen LogP contribution in [-0.4, -0.2) is 13.7 Å². The van der Waals surface area contributed by atoms with Crippen LogP contribution >= 0.6 is 0 Å². The second-order valence-electron chi connectivity index (χ2n) is 4.86. The van der Waals surface area contributed by atoms with Crippen molar-refractivity contribution in [2.45, 2.75) is 26.5 Å². The molecule has 0 saturated heterocycles. The van der Waals surface area contributed by atoms with Gasteiger partial charge in [-0.05, 0) is 35.9 Å². The van der Waals surface area contributed by atoms with Crippen LogP contribution in [0.3, 0.4) is 0 Å². The first-order chi connectivity index (χ1) is 7.79. The molecule has 1 aromatic rings. The van der Waals surface area contributed by atoms with E-state index in [1.807, 2.05) is 0 Å². The molecule has 1 saturated carbocycles. The Labute approximate surface area is 98.0 Å². The third kappa shape index (κ3) is 3.32. The van der Waals surface area contributed by atoms with Crippen LogP contribution in [0.2, 0.25) is 0 Å². The summed E-state index contributed by atoms with van der Waals surface area (Å²) in [5, 5.41) is 3.52. The fourth-order valence-electron chi connectivity index (χ4n) is 2.08. The minimum atomic E-state index is 0.702. The molecule has 0 amide bonds. The van der Waals surface area contributed by atoms with Crippen molar-refractivity contribution in [2.24, 2.45) is 11.8 Å². The normalized spacial score (nSPS) is 23.4. The van der Waals surface area contributed by atoms with Crippen molar-refractivity contribution in [1.82, 2.24) is 5.32 Å². The maximum absolute atomic E-state index is 5.13. The highest BCUT2D eigenvalue weighted by Crippen LogP contribution is 2.36. The van der Waals surface area contributed by atoms with E-state index < -0.39 is 0 Å². The van der Waals surface area contributed by atoms with E-state index in [1.54, 1.807) is 7.11 Å². The Morgan fingerprint density at radius 1 is 1.38 bits per heavy atom. The number of hydrogen-bond acceptors (Lipinski definition) is 2. The number of methoxy groups -OCH3 is 1. The van der Waals surface area contributed by atoms with Crippen molar-refractivity contribution < 1.29 is 4.74 Å². The van der Waals surface area contributed by atoms with Gasteiger partial charge >= 0.3 is 0 Å². The average Bonchev–Trinajstić information content (AvgIpc) is 2.96. The summed E-state index contributed by atoms with van der Waals surface area (Å²) >= 11 is 0. The molecule has 2 heteroatoms. The highest BCUT2D eigenvalue weighted by atomic mass is 16.5. The van der Waals surface area contributed by atoms with Crippen molar-refractivity contribution >= 4 is 0 Å². The maximum Gasteiger partial charge on any atom is 0.0713 e. The number of nitrogens with one attached hydrogen (secondary N) is 1. The van der Waals surface area contributed by atoms with Gasteiger partial charge in [0.15, 0.2) is 0 Å². The fourth-order valence-corrected chi connectivity index (χ4v) is 2.08. The van der Waals surface area contributed by atoms with Crippen LogP contribution < -0.4 is 5.32 Å². The largest absolute Gasteiger partial charge is 0.380 e. The smallest absolute Gasteiger partial charge is 0.0713 e. The SMILES string of the molecule is COCc1cccc(CNCC2CC2C)c1. The van der Waals surface area contributed by atoms with Crippen LogP contribution in [0.15, 0.2) is 24.3 Å². The lowest BCUT2D eigenvalue weighted by Gasteiger charge is -2.06. The highest BCUT2D eigenvalue weighted by molar-refractivity contribution is 5.22. The zero-order valence-electron chi connectivity index (χ0n) is 10.2. The summed E-state index contributed by atoms with van der Waals surface area (Å²) in [4.78, 5) is 0. The van der Waals surface area contributed by atoms with E-state index in [0.29, 0.717) is 6.61 Å². The fraction of sp³-hybridized carbons (Fsp3) is 0.571. The predicted molar refractivity (Wildman–Crippen MR) is 66.1 cm³/mol. The summed E-state index contributed by atoms with van der Waals surface area (Å²) in [6.07, 6.45) is 1.40. The molecule has 1 fully saturated rings. The Kier molecular flexibility index (Phi) is 3.97. The topological polar surface area (TPSA) is 21.3 Å². The molecule has 0 bridgehead atoms. The molecule has 2 unspecified atom stereocenters. The molecule has 2 nitrogen and oxygen atoms in total. The molecular formula is C14H21NO. The van der Waals surface area contributed by atoms with Crippen molar-refractivity contribution in [2.75, 3.05) is 13.7 Å². The number of benzene rings is 1. The Bertz CT molecular complexity index is 337. The third-order valence-corrected chi connectivity index (χ3v) is 3.31. The van der Waals surface area contributed by atoms with E-state index in [1.165, 1.54) is 17.5 Å². The van der Waals surface area contributed by atoms with Gasteiger partial charge in [0, 0.05) is 13.7 Å². The molecule has 1 aliphatic carbocycles. The first-order valence-corrected chi connectivity index (χ1v) is 6.07. The first kappa shape index (κ1) is 11.6. The standard InChI is InChI=1S/C14H21NO/c1-11-6-14(11)9-15-8-12-4-3-5-13(7-12)10-16-2/h3-5,7,11,14-15H,6,8-10H2,1-2H3. The van der Waals surface area contributed by atoms with Crippen molar-refractivity contribution in [1.29, 1.82) is 0 Å². The summed E-state index contributed by atoms with van der Waals surface area (Å²) < 4.78 is 5.13. The lowest BCUT2D eigenvalue weighted by Crippen LogP contribution is -2.16. The van der Waals surface area contributed by atoms with Gasteiger partial charge in [-0.3, -0.25) is 0 Å². The molecular weight excluding hydrogens is 198 g/mol. The summed E-state index contributed by atoms with van der Waals surface area (Å²) in [7, 11) is 1.74. The van der Waals surface area contributed by atoms with Gasteiger partial charge in [-0.25, -0.2) is 0 Å². The maximum atomic E-state index is 5.13. The lowest BCUT2D eigenvalue weighted by molar-refractivity contribution is 0.185. The van der Waals surface area contributed by atoms with Crippen LogP contribution in [0.1, 0.15) is 24.5 Å². The van der Waals surface area contributed by atoms with Crippen LogP contribution in [-0.2, 0) is 17.9 Å². The van der Waals surface area contributed by atoms with Crippen molar-refractivity contribution in [3.05, 3.63) is 35.4 Å². The summed E-state index contributed by atoms with van der Waals surface area (Å²) in [5.41, 5.74) is 2.60. The van der Waals surface area contributed by atoms with E-state index in [9.17, 15) is 0 Å². The molecule has 88 valence electrons. The molecule has 0 spiro atoms. The Morgan fingerprint density at radius 2 is 2.12 bits per heavy atom. The summed E-state index contributed by atoms with van der Waals surface area (Å²) in [6, 6.07) is 8.59. The van der Waals surface area contributed by atoms with Crippen LogP contribution in [0.4, 0.5) is 0 Å². The molecule has 1 N–H and O–H groups in total. The van der Waals surface area contributed by atoms with E-state index in [0.717, 1.165) is 24.9 Å². The highest BCUT2D eigenvalue weighted by Gasteiger charge is 2.31. The molecule has 1 aromatic carbocycles. The zero-order chi connectivity index (χ0) is 11.4. The summed E-state index contributed by atoms with van der Waals surface area (Å²) in [5.74, 6) is 1.86. The van der Waals surface area contributed by atoms with Gasteiger partial charge in [0.05, 0.1) is 6.61 Å². The second-order valence-corrected chi connectivity index (χ2v) is 4.86. The molecule has 0 aromatic heterocycles. The number of hydrogen-bond donors (Lipinski definition) is 1. The second kappa shape index (κ2) is 5.46. The van der Waals surface area contributed by atoms with Crippen LogP contribution in [0.25, 0.3) is 0 Å². The van der Waals surface area contributed by atoms with Gasteiger partial charge in [-0.15, -0.1) is 0 Å². The van der Waals surface area contributed by atoms with E-state index in [-0.39, 0.29) is 0 Å². The molecule has 2 rings (SSSR count). The third-order valence-electron chi connectivity index (χ3n) is 3.31. The van der Waals surface area contributed by atoms with Gasteiger partial charge in [-0.2, -0.15) is 0 Å². The quantitative estimate of drug-likeness (QED) is 0.794. The number of rotatable bonds is 6. The molecule has 16 heavy (non-hydrogen) atoms. The van der Waals surface area contributed by atoms with Gasteiger partial charge in [-0.1, -0.05) is 31.2 Å². The lowest BCUT2D eigenvalue weighted by atomic mass is 10.1. The Morgan fingerprint density at radius 3 is 2.81 bits per heavy atom. The molecule has 2 atom stereocenters. The predicted octanol–water partition coefficient (Wildman–Crippen LogP) is 2.58. The van der Waals surface area contributed by atoms with E-state index >= 15 is 0 Å². The Hall–Kier alpha value is -0.860. The van der Waals surface area contributed by atoms with Crippen molar-refractivity contribution in [3.8, 4) is 0 Å². The summed E-state index contributed by atoms with van der Waals surface area (Å²) in [6.45, 7) is 5.16. The van der Waals surface area contributed by atoms with Gasteiger partial charge in [0.25, 0.3) is 0 Å². The first-order valence-electron chi connectivity index (χ1n) is 6.07. The zero-order valence-corrected chi connectivity index (χ0v) is 10.2. The van der Waals surface area contributed by atoms with E-state index in [4.69, 9.17) is 4.74 Å². The van der Waals surface area contributed by atoms with Crippen molar-refractivity contribution in [3.63, 3.8) is 0 Å². The van der Waals surface area contributed by atoms with Gasteiger partial charge in [0.2, 0.25) is 0 Å². The van der Waals surface area contributed by atoms with Gasteiger partial charge in [0.1, 0.15) is 0 Å². The Balaban J connectivity index is 1.77. The van der Waals surface area contributed by atoms with Gasteiger partial charge < -0.3 is 10.1 Å². The van der Waals surface area contributed by atoms with E-state index in [2.05, 4.69) is 36.5 Å². The molecule has 0 radical (unpaired) electrons. The monoisotopic (exact) mass is 219 g/mol. The average molecular weight is 219 g/mol. The molecule has 0 heterocycles. The molecule has 1 aliphatic rings. The number of ether oxygens (including phenoxy) is 1. The minimum absolute atomic E-state index is 0.702.